The van der Waals surface area contributed by atoms with Gasteiger partial charge in [-0.05, 0) is 85.2 Å². The fourth-order valence-corrected chi connectivity index (χ4v) is 5.50. The third-order valence-electron chi connectivity index (χ3n) is 6.34. The van der Waals surface area contributed by atoms with Crippen molar-refractivity contribution in [3.8, 4) is 11.5 Å². The molecule has 4 rings (SSSR count). The number of nitrogens with one attached hydrogen (secondary N) is 1. The molecule has 1 fully saturated rings. The average molecular weight is 621 g/mol. The lowest BCUT2D eigenvalue weighted by Gasteiger charge is -2.24. The van der Waals surface area contributed by atoms with Crippen molar-refractivity contribution in [3.63, 3.8) is 0 Å². The monoisotopic (exact) mass is 619 g/mol. The highest BCUT2D eigenvalue weighted by Crippen LogP contribution is 2.34. The quantitative estimate of drug-likeness (QED) is 0.233. The minimum Gasteiger partial charge on any atom is -0.495 e. The van der Waals surface area contributed by atoms with Crippen molar-refractivity contribution < 1.29 is 19.1 Å². The van der Waals surface area contributed by atoms with Gasteiger partial charge >= 0.3 is 0 Å². The zero-order valence-corrected chi connectivity index (χ0v) is 25.0. The van der Waals surface area contributed by atoms with E-state index in [1.165, 1.54) is 12.0 Å². The highest BCUT2D eigenvalue weighted by atomic mass is 35.5. The van der Waals surface area contributed by atoms with Gasteiger partial charge in [0.1, 0.15) is 17.5 Å². The largest absolute Gasteiger partial charge is 0.495 e. The molecule has 3 aromatic carbocycles. The molecular weight excluding hydrogens is 593 g/mol. The summed E-state index contributed by atoms with van der Waals surface area (Å²) >= 11 is 24.5. The molecule has 2 amide bonds. The predicted octanol–water partition coefficient (Wildman–Crippen LogP) is 7.02. The number of benzene rings is 3. The number of halogens is 3. The summed E-state index contributed by atoms with van der Waals surface area (Å²) in [6.07, 6.45) is 1.27. The molecule has 0 spiro atoms. The molecule has 1 heterocycles. The number of hydrogen-bond acceptors (Lipinski definition) is 5. The van der Waals surface area contributed by atoms with E-state index in [1.807, 2.05) is 13.0 Å². The van der Waals surface area contributed by atoms with E-state index in [9.17, 15) is 9.59 Å². The van der Waals surface area contributed by atoms with Crippen molar-refractivity contribution in [1.82, 2.24) is 4.90 Å². The Bertz CT molecular complexity index is 1400. The molecule has 210 valence electrons. The van der Waals surface area contributed by atoms with Crippen LogP contribution in [0.1, 0.15) is 25.3 Å². The molecule has 0 radical (unpaired) electrons. The summed E-state index contributed by atoms with van der Waals surface area (Å²) in [4.78, 5) is 30.0. The summed E-state index contributed by atoms with van der Waals surface area (Å²) < 4.78 is 10.8. The molecule has 1 atom stereocenters. The van der Waals surface area contributed by atoms with Crippen LogP contribution in [0.4, 0.5) is 11.4 Å². The molecule has 3 aromatic rings. The smallest absolute Gasteiger partial charge is 0.256 e. The summed E-state index contributed by atoms with van der Waals surface area (Å²) in [5, 5.41) is 4.52. The van der Waals surface area contributed by atoms with E-state index in [0.29, 0.717) is 51.8 Å². The molecule has 0 aliphatic carbocycles. The Labute approximate surface area is 253 Å². The van der Waals surface area contributed by atoms with Crippen LogP contribution in [0, 0.1) is 0 Å². The van der Waals surface area contributed by atoms with Crippen LogP contribution in [0.3, 0.4) is 0 Å². The number of thiocarbonyl (C=S) groups is 1. The molecule has 1 N–H and O–H groups in total. The Morgan fingerprint density at radius 3 is 2.42 bits per heavy atom. The first-order valence-corrected chi connectivity index (χ1v) is 14.2. The number of amides is 2. The molecule has 1 saturated heterocycles. The Morgan fingerprint density at radius 2 is 1.77 bits per heavy atom. The molecular formula is C29H28Cl3N3O4S. The van der Waals surface area contributed by atoms with Crippen LogP contribution in [-0.2, 0) is 16.0 Å². The van der Waals surface area contributed by atoms with Gasteiger partial charge in [-0.1, -0.05) is 47.8 Å². The lowest BCUT2D eigenvalue weighted by atomic mass is 10.1. The van der Waals surface area contributed by atoms with Crippen molar-refractivity contribution in [2.75, 3.05) is 30.5 Å². The van der Waals surface area contributed by atoms with E-state index in [1.54, 1.807) is 59.5 Å². The predicted molar refractivity (Wildman–Crippen MR) is 164 cm³/mol. The Morgan fingerprint density at radius 1 is 1.02 bits per heavy atom. The first-order chi connectivity index (χ1) is 19.2. The molecule has 1 aliphatic heterocycles. The van der Waals surface area contributed by atoms with Crippen LogP contribution in [-0.4, -0.2) is 48.1 Å². The second-order valence-electron chi connectivity index (χ2n) is 9.10. The zero-order valence-electron chi connectivity index (χ0n) is 22.0. The Kier molecular flexibility index (Phi) is 10.1. The number of ether oxygens (including phenoxy) is 2. The zero-order chi connectivity index (χ0) is 28.8. The maximum Gasteiger partial charge on any atom is 0.256 e. The maximum atomic E-state index is 13.7. The Hall–Kier alpha value is -3.04. The van der Waals surface area contributed by atoms with Crippen LogP contribution in [0.2, 0.25) is 15.1 Å². The molecule has 11 heteroatoms. The number of rotatable bonds is 11. The lowest BCUT2D eigenvalue weighted by molar-refractivity contribution is -0.124. The summed E-state index contributed by atoms with van der Waals surface area (Å²) in [7, 11) is 1.51. The van der Waals surface area contributed by atoms with E-state index in [-0.39, 0.29) is 23.3 Å². The summed E-state index contributed by atoms with van der Waals surface area (Å²) in [5.41, 5.74) is 1.93. The Balaban J connectivity index is 1.55. The van der Waals surface area contributed by atoms with Gasteiger partial charge in [-0.15, -0.1) is 0 Å². The second kappa shape index (κ2) is 13.5. The molecule has 40 heavy (non-hydrogen) atoms. The fourth-order valence-electron chi connectivity index (χ4n) is 4.33. The van der Waals surface area contributed by atoms with E-state index in [0.717, 1.165) is 17.7 Å². The van der Waals surface area contributed by atoms with Gasteiger partial charge in [0, 0.05) is 22.3 Å². The van der Waals surface area contributed by atoms with E-state index < -0.39 is 6.04 Å². The van der Waals surface area contributed by atoms with Crippen molar-refractivity contribution in [2.45, 2.75) is 32.2 Å². The van der Waals surface area contributed by atoms with Gasteiger partial charge in [0.2, 0.25) is 5.91 Å². The van der Waals surface area contributed by atoms with Crippen molar-refractivity contribution >= 4 is 75.3 Å². The molecule has 0 saturated carbocycles. The normalized spacial score (nSPS) is 15.0. The highest BCUT2D eigenvalue weighted by molar-refractivity contribution is 7.80. The number of methoxy groups -OCH3 is 1. The number of anilines is 2. The molecule has 0 bridgehead atoms. The summed E-state index contributed by atoms with van der Waals surface area (Å²) in [6, 6.07) is 16.5. The van der Waals surface area contributed by atoms with Crippen LogP contribution in [0.5, 0.6) is 11.5 Å². The summed E-state index contributed by atoms with van der Waals surface area (Å²) in [5.74, 6) is 0.538. The van der Waals surface area contributed by atoms with E-state index >= 15 is 0 Å². The SMILES string of the molecule is CCCOc1ccc(NC(=O)C[C@@H]2C(=O)N(c3ccc(OC)c(Cl)c3)C(=S)N2CCc2ccc(Cl)cc2Cl)cc1. The minimum absolute atomic E-state index is 0.109. The van der Waals surface area contributed by atoms with Crippen molar-refractivity contribution in [1.29, 1.82) is 0 Å². The van der Waals surface area contributed by atoms with Crippen LogP contribution in [0.25, 0.3) is 0 Å². The van der Waals surface area contributed by atoms with Crippen LogP contribution < -0.4 is 19.7 Å². The summed E-state index contributed by atoms with van der Waals surface area (Å²) in [6.45, 7) is 3.00. The van der Waals surface area contributed by atoms with Crippen molar-refractivity contribution in [3.05, 3.63) is 81.3 Å². The number of carbonyl (C=O) groups excluding carboxylic acids is 2. The third-order valence-corrected chi connectivity index (χ3v) is 7.64. The van der Waals surface area contributed by atoms with Gasteiger partial charge in [0.25, 0.3) is 5.91 Å². The van der Waals surface area contributed by atoms with Crippen LogP contribution >= 0.6 is 47.0 Å². The number of carbonyl (C=O) groups is 2. The first-order valence-electron chi connectivity index (χ1n) is 12.7. The van der Waals surface area contributed by atoms with Gasteiger partial charge in [0.05, 0.1) is 30.8 Å². The minimum atomic E-state index is -0.827. The second-order valence-corrected chi connectivity index (χ2v) is 10.7. The lowest BCUT2D eigenvalue weighted by Crippen LogP contribution is -2.39. The first kappa shape index (κ1) is 29.9. The third kappa shape index (κ3) is 6.99. The fraction of sp³-hybridized carbons (Fsp3) is 0.276. The van der Waals surface area contributed by atoms with Gasteiger partial charge in [-0.2, -0.15) is 0 Å². The molecule has 7 nitrogen and oxygen atoms in total. The average Bonchev–Trinajstić information content (AvgIpc) is 3.15. The molecule has 0 aromatic heterocycles. The standard InChI is InChI=1S/C29H28Cl3N3O4S/c1-3-14-39-22-9-6-20(7-10-22)33-27(36)17-25-28(37)35(21-8-11-26(38-2)24(32)16-21)29(40)34(25)13-12-18-4-5-19(30)15-23(18)31/h4-11,15-16,25H,3,12-14,17H2,1-2H3,(H,33,36)/t25-/m1/s1. The van der Waals surface area contributed by atoms with E-state index in [4.69, 9.17) is 56.5 Å². The molecule has 0 unspecified atom stereocenters. The highest BCUT2D eigenvalue weighted by Gasteiger charge is 2.44. The van der Waals surface area contributed by atoms with Gasteiger partial charge < -0.3 is 19.7 Å². The number of nitrogens with zero attached hydrogens (tertiary/aromatic N) is 2. The maximum absolute atomic E-state index is 13.7. The van der Waals surface area contributed by atoms with Crippen molar-refractivity contribution in [2.24, 2.45) is 0 Å². The topological polar surface area (TPSA) is 71.1 Å². The number of hydrogen-bond donors (Lipinski definition) is 1. The van der Waals surface area contributed by atoms with Gasteiger partial charge in [-0.3, -0.25) is 14.5 Å². The van der Waals surface area contributed by atoms with E-state index in [2.05, 4.69) is 5.32 Å². The van der Waals surface area contributed by atoms with Gasteiger partial charge in [0.15, 0.2) is 5.11 Å². The van der Waals surface area contributed by atoms with Gasteiger partial charge in [-0.25, -0.2) is 0 Å². The van der Waals surface area contributed by atoms with Crippen LogP contribution in [0.15, 0.2) is 60.7 Å². The molecule has 1 aliphatic rings.